The van der Waals surface area contributed by atoms with Crippen LogP contribution in [0.3, 0.4) is 0 Å². The Balaban J connectivity index is 1.30. The molecule has 1 aliphatic heterocycles. The van der Waals surface area contributed by atoms with Crippen LogP contribution in [0.25, 0.3) is 10.8 Å². The van der Waals surface area contributed by atoms with Crippen molar-refractivity contribution >= 4 is 36.0 Å². The maximum absolute atomic E-state index is 14.1. The Bertz CT molecular complexity index is 1740. The van der Waals surface area contributed by atoms with Gasteiger partial charge in [0.15, 0.2) is 0 Å². The second-order valence-electron chi connectivity index (χ2n) is 16.1. The standard InChI is InChI=1S/C48H60O4Se/c1-6-34(2)26-35(3)47-37(5)45(49)29-46(52-47)48(51-32-39-23-24-40-18-13-14-19-41(40)27-39)30-36(4)42(33-50-31-38-16-9-7-10-17-38)28-43(48)20-15-25-53-44-21-11-8-12-22-44/h6-14,16-19,21-24,27,34-37,42-43,46-47H,1,15,20,25-26,28-33H2,2-5H3/t34-,35-,36+,37-,42-,43+,46-,47-,48+/m1/s1. The van der Waals surface area contributed by atoms with Crippen LogP contribution in [0.5, 0.6) is 0 Å². The van der Waals surface area contributed by atoms with E-state index in [0.717, 1.165) is 44.3 Å². The molecular weight excluding hydrogens is 719 g/mol. The van der Waals surface area contributed by atoms with Crippen LogP contribution in [0.4, 0.5) is 0 Å². The van der Waals surface area contributed by atoms with Crippen molar-refractivity contribution in [1.29, 1.82) is 0 Å². The normalized spacial score (nSPS) is 27.4. The monoisotopic (exact) mass is 780 g/mol. The molecule has 2 fully saturated rings. The number of hydrogen-bond acceptors (Lipinski definition) is 4. The molecule has 4 nitrogen and oxygen atoms in total. The topological polar surface area (TPSA) is 44.8 Å². The summed E-state index contributed by atoms with van der Waals surface area (Å²) in [6, 6.07) is 36.6. The molecule has 0 bridgehead atoms. The number of benzene rings is 4. The molecule has 1 heterocycles. The molecule has 4 aromatic carbocycles. The fourth-order valence-electron chi connectivity index (χ4n) is 9.02. The molecule has 0 unspecified atom stereocenters. The van der Waals surface area contributed by atoms with E-state index in [1.54, 1.807) is 0 Å². The third-order valence-electron chi connectivity index (χ3n) is 12.2. The minimum absolute atomic E-state index is 0.136. The fourth-order valence-corrected chi connectivity index (χ4v) is 10.9. The summed E-state index contributed by atoms with van der Waals surface area (Å²) < 4.78 is 22.6. The fraction of sp³-hybridized carbons (Fsp3) is 0.479. The Morgan fingerprint density at radius 1 is 0.906 bits per heavy atom. The number of ether oxygens (including phenoxy) is 3. The number of Topliss-reactive ketones (excluding diaryl/α,β-unsaturated/α-hetero) is 1. The van der Waals surface area contributed by atoms with Crippen LogP contribution in [-0.4, -0.2) is 45.2 Å². The molecular formula is C48H60O4Se. The van der Waals surface area contributed by atoms with Crippen LogP contribution >= 0.6 is 0 Å². The molecule has 1 aliphatic carbocycles. The molecule has 0 spiro atoms. The predicted molar refractivity (Wildman–Crippen MR) is 219 cm³/mol. The first kappa shape index (κ1) is 39.6. The van der Waals surface area contributed by atoms with Crippen molar-refractivity contribution in [1.82, 2.24) is 0 Å². The molecule has 282 valence electrons. The van der Waals surface area contributed by atoms with Crippen molar-refractivity contribution in [2.45, 2.75) is 103 Å². The summed E-state index contributed by atoms with van der Waals surface area (Å²) in [6.07, 6.45) is 6.97. The zero-order valence-electron chi connectivity index (χ0n) is 32.3. The van der Waals surface area contributed by atoms with Crippen molar-refractivity contribution in [2.24, 2.45) is 35.5 Å². The molecule has 0 amide bonds. The maximum atomic E-state index is 14.1. The van der Waals surface area contributed by atoms with Gasteiger partial charge in [0.1, 0.15) is 0 Å². The summed E-state index contributed by atoms with van der Waals surface area (Å²) in [5.74, 6) is 1.76. The van der Waals surface area contributed by atoms with Gasteiger partial charge in [0.25, 0.3) is 0 Å². The van der Waals surface area contributed by atoms with Gasteiger partial charge >= 0.3 is 308 Å². The van der Waals surface area contributed by atoms with E-state index in [9.17, 15) is 4.79 Å². The third-order valence-corrected chi connectivity index (χ3v) is 14.5. The molecule has 0 N–H and O–H groups in total. The van der Waals surface area contributed by atoms with E-state index >= 15 is 0 Å². The van der Waals surface area contributed by atoms with Gasteiger partial charge in [-0.15, -0.1) is 6.58 Å². The van der Waals surface area contributed by atoms with E-state index in [2.05, 4.69) is 137 Å². The summed E-state index contributed by atoms with van der Waals surface area (Å²) in [5.41, 5.74) is 1.78. The molecule has 9 atom stereocenters. The number of fused-ring (bicyclic) bond motifs is 1. The first-order chi connectivity index (χ1) is 25.8. The first-order valence-corrected chi connectivity index (χ1v) is 22.0. The van der Waals surface area contributed by atoms with Gasteiger partial charge in [-0.25, -0.2) is 0 Å². The van der Waals surface area contributed by atoms with Gasteiger partial charge in [-0.2, -0.15) is 0 Å². The summed E-state index contributed by atoms with van der Waals surface area (Å²) in [5, 5.41) is 3.63. The summed E-state index contributed by atoms with van der Waals surface area (Å²) in [6.45, 7) is 14.8. The van der Waals surface area contributed by atoms with Crippen molar-refractivity contribution in [3.63, 3.8) is 0 Å². The molecule has 4 aromatic rings. The Labute approximate surface area is 325 Å². The summed E-state index contributed by atoms with van der Waals surface area (Å²) in [7, 11) is 0. The second kappa shape index (κ2) is 19.0. The van der Waals surface area contributed by atoms with Gasteiger partial charge in [-0.3, -0.25) is 0 Å². The Morgan fingerprint density at radius 2 is 1.62 bits per heavy atom. The minimum atomic E-state index is -0.585. The number of ketones is 1. The van der Waals surface area contributed by atoms with Crippen LogP contribution < -0.4 is 4.46 Å². The van der Waals surface area contributed by atoms with Crippen molar-refractivity contribution in [3.05, 3.63) is 127 Å². The van der Waals surface area contributed by atoms with Crippen LogP contribution in [0, 0.1) is 35.5 Å². The summed E-state index contributed by atoms with van der Waals surface area (Å²) in [4.78, 5) is 14.1. The van der Waals surface area contributed by atoms with Crippen LogP contribution in [0.15, 0.2) is 116 Å². The molecule has 53 heavy (non-hydrogen) atoms. The Morgan fingerprint density at radius 3 is 2.38 bits per heavy atom. The van der Waals surface area contributed by atoms with Gasteiger partial charge in [-0.05, 0) is 0 Å². The van der Waals surface area contributed by atoms with Gasteiger partial charge in [0.2, 0.25) is 0 Å². The number of carbonyl (C=O) groups is 1. The van der Waals surface area contributed by atoms with E-state index in [-0.39, 0.29) is 30.0 Å². The Kier molecular flexibility index (Phi) is 14.2. The molecule has 6 rings (SSSR count). The number of hydrogen-bond donors (Lipinski definition) is 0. The van der Waals surface area contributed by atoms with E-state index in [1.165, 1.54) is 26.1 Å². The van der Waals surface area contributed by atoms with Gasteiger partial charge in [0, 0.05) is 0 Å². The van der Waals surface area contributed by atoms with E-state index < -0.39 is 5.60 Å². The molecule has 1 saturated heterocycles. The van der Waals surface area contributed by atoms with E-state index in [1.807, 2.05) is 6.08 Å². The van der Waals surface area contributed by atoms with E-state index in [0.29, 0.717) is 58.1 Å². The number of carbonyl (C=O) groups excluding carboxylic acids is 1. The average molecular weight is 780 g/mol. The number of rotatable bonds is 17. The van der Waals surface area contributed by atoms with Crippen LogP contribution in [0.2, 0.25) is 5.32 Å². The molecule has 0 aromatic heterocycles. The predicted octanol–water partition coefficient (Wildman–Crippen LogP) is 10.4. The summed E-state index contributed by atoms with van der Waals surface area (Å²) >= 11 is 0.422. The molecule has 0 radical (unpaired) electrons. The van der Waals surface area contributed by atoms with Crippen molar-refractivity contribution < 1.29 is 19.0 Å². The van der Waals surface area contributed by atoms with Gasteiger partial charge < -0.3 is 0 Å². The molecule has 2 aliphatic rings. The zero-order chi connectivity index (χ0) is 37.2. The van der Waals surface area contributed by atoms with Gasteiger partial charge in [0.05, 0.1) is 0 Å². The third kappa shape index (κ3) is 10.2. The SMILES string of the molecule is C=C[C@@H](C)C[C@@H](C)[C@H]1O[C@@H]([C@]2(OCc3ccc4ccccc4c3)C[C@H](C)[C@@H](COCc3ccccc3)C[C@@H]2CCC[Se]c2ccccc2)CC(=O)[C@H]1C. The van der Waals surface area contributed by atoms with Crippen molar-refractivity contribution in [3.8, 4) is 0 Å². The molecule has 5 heteroatoms. The van der Waals surface area contributed by atoms with Crippen LogP contribution in [0.1, 0.15) is 77.3 Å². The quantitative estimate of drug-likeness (QED) is 0.0608. The number of allylic oxidation sites excluding steroid dienone is 1. The first-order valence-electron chi connectivity index (χ1n) is 20.0. The van der Waals surface area contributed by atoms with E-state index in [4.69, 9.17) is 14.2 Å². The van der Waals surface area contributed by atoms with Crippen molar-refractivity contribution in [2.75, 3.05) is 6.61 Å². The van der Waals surface area contributed by atoms with Crippen LogP contribution in [-0.2, 0) is 32.2 Å². The molecule has 1 saturated carbocycles. The average Bonchev–Trinajstić information content (AvgIpc) is 3.18. The zero-order valence-corrected chi connectivity index (χ0v) is 34.0. The second-order valence-corrected chi connectivity index (χ2v) is 18.5. The van der Waals surface area contributed by atoms with Gasteiger partial charge in [-0.1, -0.05) is 12.1 Å². The Hall–Kier alpha value is -3.05.